The van der Waals surface area contributed by atoms with Gasteiger partial charge in [0.2, 0.25) is 0 Å². The molecule has 0 spiro atoms. The minimum atomic E-state index is -0.934. The molecule has 0 fully saturated rings. The van der Waals surface area contributed by atoms with Gasteiger partial charge in [-0.15, -0.1) is 0 Å². The van der Waals surface area contributed by atoms with Gasteiger partial charge in [-0.25, -0.2) is 0 Å². The summed E-state index contributed by atoms with van der Waals surface area (Å²) in [5.41, 5.74) is 2.44. The molecule has 0 N–H and O–H groups in total. The van der Waals surface area contributed by atoms with Crippen molar-refractivity contribution in [3.05, 3.63) is 71.8 Å². The maximum atomic E-state index is 10.8. The van der Waals surface area contributed by atoms with E-state index in [0.29, 0.717) is 38.6 Å². The van der Waals surface area contributed by atoms with Crippen LogP contribution < -0.4 is 10.2 Å². The molecule has 0 heterocycles. The molecule has 0 aromatic heterocycles. The molecule has 0 aliphatic rings. The molecule has 0 bridgehead atoms. The van der Waals surface area contributed by atoms with Gasteiger partial charge < -0.3 is 38.7 Å². The zero-order valence-corrected chi connectivity index (χ0v) is 45.2. The number of carbonyl (C=O) groups excluding carboxylic acids is 4. The van der Waals surface area contributed by atoms with Crippen LogP contribution in [0.5, 0.6) is 0 Å². The monoisotopic (exact) mass is 1030 g/mol. The molecule has 0 saturated carbocycles. The summed E-state index contributed by atoms with van der Waals surface area (Å²) >= 11 is 0. The fourth-order valence-electron chi connectivity index (χ4n) is 7.69. The third-order valence-electron chi connectivity index (χ3n) is 11.4. The van der Waals surface area contributed by atoms with Crippen LogP contribution in [0.2, 0.25) is 0 Å². The standard InChI is InChI=1S/2C27H44O5.Ba/c2*1-24(28)31-22-16-9-8-14-20-26(32-23-25-17-11-10-12-18-25)19-13-6-4-2-3-5-7-15-21-27(29)30;/h2*10-12,17-18,26H,2-9,13-16,19-23H2,1H3,(H,29,30);/q;;+2/p-2. The SMILES string of the molecule is CC(=O)OCCCCCCC(CCCCCCCCCCC(=O)[O-])OCc1ccccc1.CC(=O)OCCCCCCC(CCCCCCCCCCC(=O)[O-])OCc1ccccc1.[Ba+2]. The predicted molar refractivity (Wildman–Crippen MR) is 258 cm³/mol. The second-order valence-corrected chi connectivity index (χ2v) is 17.4. The second kappa shape index (κ2) is 46.9. The van der Waals surface area contributed by atoms with Crippen molar-refractivity contribution in [1.29, 1.82) is 0 Å². The van der Waals surface area contributed by atoms with Crippen molar-refractivity contribution in [1.82, 2.24) is 0 Å². The molecule has 0 radical (unpaired) electrons. The Labute approximate surface area is 434 Å². The zero-order valence-electron chi connectivity index (χ0n) is 40.8. The van der Waals surface area contributed by atoms with Crippen LogP contribution in [0.15, 0.2) is 60.7 Å². The largest absolute Gasteiger partial charge is 2.00 e. The van der Waals surface area contributed by atoms with Crippen molar-refractivity contribution in [2.45, 2.75) is 232 Å². The zero-order chi connectivity index (χ0) is 46.6. The smallest absolute Gasteiger partial charge is 0.550 e. The summed E-state index contributed by atoms with van der Waals surface area (Å²) in [5.74, 6) is -2.27. The van der Waals surface area contributed by atoms with Crippen LogP contribution in [0.4, 0.5) is 0 Å². The van der Waals surface area contributed by atoms with Crippen molar-refractivity contribution in [3.63, 3.8) is 0 Å². The van der Waals surface area contributed by atoms with E-state index in [0.717, 1.165) is 116 Å². The predicted octanol–water partition coefficient (Wildman–Crippen LogP) is 11.1. The topological polar surface area (TPSA) is 151 Å². The van der Waals surface area contributed by atoms with Crippen molar-refractivity contribution in [3.8, 4) is 0 Å². The molecule has 65 heavy (non-hydrogen) atoms. The van der Waals surface area contributed by atoms with Gasteiger partial charge in [0.15, 0.2) is 0 Å². The number of aliphatic carboxylic acids is 2. The average Bonchev–Trinajstić information content (AvgIpc) is 3.27. The molecule has 0 amide bonds. The first-order valence-corrected chi connectivity index (χ1v) is 25.1. The fourth-order valence-corrected chi connectivity index (χ4v) is 7.69. The molecule has 2 rings (SSSR count). The van der Waals surface area contributed by atoms with E-state index in [4.69, 9.17) is 18.9 Å². The van der Waals surface area contributed by atoms with Gasteiger partial charge in [-0.3, -0.25) is 9.59 Å². The van der Waals surface area contributed by atoms with Crippen LogP contribution in [0, 0.1) is 0 Å². The molecule has 0 aliphatic heterocycles. The fraction of sp³-hybridized carbons (Fsp3) is 0.704. The Morgan fingerprint density at radius 2 is 0.662 bits per heavy atom. The summed E-state index contributed by atoms with van der Waals surface area (Å²) < 4.78 is 22.5. The van der Waals surface area contributed by atoms with Gasteiger partial charge in [-0.2, -0.15) is 0 Å². The second-order valence-electron chi connectivity index (χ2n) is 17.4. The summed E-state index contributed by atoms with van der Waals surface area (Å²) in [6, 6.07) is 20.7. The van der Waals surface area contributed by atoms with Gasteiger partial charge in [-0.05, 0) is 75.3 Å². The quantitative estimate of drug-likeness (QED) is 0.0357. The van der Waals surface area contributed by atoms with E-state index in [1.165, 1.54) is 89.2 Å². The van der Waals surface area contributed by atoms with Crippen molar-refractivity contribution in [2.75, 3.05) is 13.2 Å². The molecular weight excluding hydrogens is 946 g/mol. The summed E-state index contributed by atoms with van der Waals surface area (Å²) in [6.45, 7) is 5.30. The molecule has 2 aromatic carbocycles. The molecule has 364 valence electrons. The molecule has 11 heteroatoms. The Balaban J connectivity index is 0.00000124. The van der Waals surface area contributed by atoms with Gasteiger partial charge in [-0.1, -0.05) is 189 Å². The van der Waals surface area contributed by atoms with E-state index in [2.05, 4.69) is 48.5 Å². The summed E-state index contributed by atoms with van der Waals surface area (Å²) in [4.78, 5) is 42.4. The van der Waals surface area contributed by atoms with Crippen LogP contribution >= 0.6 is 0 Å². The van der Waals surface area contributed by atoms with Gasteiger partial charge in [0, 0.05) is 25.8 Å². The van der Waals surface area contributed by atoms with Crippen LogP contribution in [0.3, 0.4) is 0 Å². The normalized spacial score (nSPS) is 11.7. The first-order chi connectivity index (χ1) is 31.2. The number of esters is 2. The molecule has 2 unspecified atom stereocenters. The Kier molecular flexibility index (Phi) is 45.3. The number of ether oxygens (including phenoxy) is 4. The maximum Gasteiger partial charge on any atom is 2.00 e. The Morgan fingerprint density at radius 3 is 0.938 bits per heavy atom. The van der Waals surface area contributed by atoms with Crippen LogP contribution in [0.1, 0.15) is 218 Å². The van der Waals surface area contributed by atoms with Crippen LogP contribution in [-0.2, 0) is 51.3 Å². The van der Waals surface area contributed by atoms with Gasteiger partial charge in [0.05, 0.1) is 38.6 Å². The van der Waals surface area contributed by atoms with Gasteiger partial charge in [0.25, 0.3) is 0 Å². The number of benzene rings is 2. The summed E-state index contributed by atoms with van der Waals surface area (Å²) in [5, 5.41) is 20.8. The van der Waals surface area contributed by atoms with Crippen molar-refractivity contribution < 1.29 is 48.3 Å². The van der Waals surface area contributed by atoms with E-state index in [1.54, 1.807) is 0 Å². The van der Waals surface area contributed by atoms with E-state index < -0.39 is 11.9 Å². The Bertz CT molecular complexity index is 1290. The number of unbranched alkanes of at least 4 members (excludes halogenated alkanes) is 20. The molecular formula is C54H86BaO10. The third kappa shape index (κ3) is 45.4. The molecule has 0 aliphatic carbocycles. The molecule has 10 nitrogen and oxygen atoms in total. The van der Waals surface area contributed by atoms with Gasteiger partial charge >= 0.3 is 60.8 Å². The maximum absolute atomic E-state index is 10.8. The number of carboxylic acid groups (broad SMARTS) is 2. The van der Waals surface area contributed by atoms with Crippen LogP contribution in [0.25, 0.3) is 0 Å². The van der Waals surface area contributed by atoms with E-state index in [9.17, 15) is 29.4 Å². The first kappa shape index (κ1) is 62.8. The summed E-state index contributed by atoms with van der Waals surface area (Å²) in [6.07, 6.45) is 31.8. The Hall–Kier alpha value is -2.19. The van der Waals surface area contributed by atoms with E-state index in [1.807, 2.05) is 12.1 Å². The Morgan fingerprint density at radius 1 is 0.400 bits per heavy atom. The van der Waals surface area contributed by atoms with Crippen molar-refractivity contribution in [2.24, 2.45) is 0 Å². The van der Waals surface area contributed by atoms with E-state index >= 15 is 0 Å². The number of carboxylic acids is 2. The summed E-state index contributed by atoms with van der Waals surface area (Å²) in [7, 11) is 0. The minimum Gasteiger partial charge on any atom is -0.550 e. The van der Waals surface area contributed by atoms with E-state index in [-0.39, 0.29) is 73.7 Å². The average molecular weight is 1030 g/mol. The van der Waals surface area contributed by atoms with Gasteiger partial charge in [0.1, 0.15) is 0 Å². The third-order valence-corrected chi connectivity index (χ3v) is 11.4. The molecule has 2 atom stereocenters. The molecule has 0 saturated heterocycles. The van der Waals surface area contributed by atoms with Crippen molar-refractivity contribution >= 4 is 72.8 Å². The minimum absolute atomic E-state index is 0. The van der Waals surface area contributed by atoms with Crippen LogP contribution in [-0.4, -0.2) is 98.2 Å². The number of carbonyl (C=O) groups is 4. The number of rotatable bonds is 42. The first-order valence-electron chi connectivity index (χ1n) is 25.1. The number of hydrogen-bond donors (Lipinski definition) is 0. The number of hydrogen-bond acceptors (Lipinski definition) is 10. The molecule has 2 aromatic rings.